The number of fused-ring (bicyclic) bond motifs is 1. The molecule has 0 saturated carbocycles. The molecular weight excluding hydrogens is 509 g/mol. The number of carbonyl (C=O) groups is 2. The second-order valence-corrected chi connectivity index (χ2v) is 11.1. The fourth-order valence-electron chi connectivity index (χ4n) is 4.57. The smallest absolute Gasteiger partial charge is 0.257 e. The topological polar surface area (TPSA) is 96.4 Å². The van der Waals surface area contributed by atoms with Crippen LogP contribution in [0.1, 0.15) is 55.0 Å². The number of nitrogens with zero attached hydrogens (tertiary/aromatic N) is 2. The number of hydrogen-bond donors (Lipinski definition) is 1. The van der Waals surface area contributed by atoms with E-state index in [1.807, 2.05) is 32.9 Å². The van der Waals surface area contributed by atoms with Crippen LogP contribution >= 0.6 is 23.2 Å². The Morgan fingerprint density at radius 1 is 1.08 bits per heavy atom. The first-order valence-corrected chi connectivity index (χ1v) is 12.6. The predicted octanol–water partition coefficient (Wildman–Crippen LogP) is 6.00. The third-order valence-electron chi connectivity index (χ3n) is 6.18. The average molecular weight is 536 g/mol. The lowest BCUT2D eigenvalue weighted by molar-refractivity contribution is -0.139. The standard InChI is InChI=1S/C29H27Cl2N3O3/c1-29(2,3)16-34-23-13-12-19(30)14-21(23)25(20-6-4-5-7-22(20)31)37-26(28(34)36)24(27(33)35)18-10-8-17(15-32)9-11-18/h4-14,24-26H,16H2,1-3H3,(H2,33,35)/t24?,25-,26-/m0/s1. The van der Waals surface area contributed by atoms with Gasteiger partial charge in [-0.15, -0.1) is 0 Å². The molecular formula is C29H27Cl2N3O3. The van der Waals surface area contributed by atoms with Gasteiger partial charge in [0.2, 0.25) is 5.91 Å². The third-order valence-corrected chi connectivity index (χ3v) is 6.76. The van der Waals surface area contributed by atoms with Crippen molar-refractivity contribution in [3.8, 4) is 6.07 Å². The van der Waals surface area contributed by atoms with E-state index in [-0.39, 0.29) is 5.41 Å². The van der Waals surface area contributed by atoms with E-state index in [0.29, 0.717) is 44.5 Å². The highest BCUT2D eigenvalue weighted by atomic mass is 35.5. The van der Waals surface area contributed by atoms with Crippen LogP contribution in [-0.2, 0) is 14.3 Å². The number of rotatable bonds is 5. The van der Waals surface area contributed by atoms with Crippen LogP contribution in [0.2, 0.25) is 10.0 Å². The van der Waals surface area contributed by atoms with Gasteiger partial charge in [0.25, 0.3) is 5.91 Å². The molecule has 8 heteroatoms. The normalized spacial score (nSPS) is 18.5. The second-order valence-electron chi connectivity index (χ2n) is 10.3. The van der Waals surface area contributed by atoms with Gasteiger partial charge in [0.15, 0.2) is 6.10 Å². The third kappa shape index (κ3) is 5.65. The number of halogens is 2. The molecule has 3 atom stereocenters. The van der Waals surface area contributed by atoms with Crippen molar-refractivity contribution in [3.05, 3.63) is 99.0 Å². The molecule has 0 bridgehead atoms. The largest absolute Gasteiger partial charge is 0.369 e. The first-order chi connectivity index (χ1) is 17.5. The number of nitrogens with two attached hydrogens (primary N) is 1. The quantitative estimate of drug-likeness (QED) is 0.433. The average Bonchev–Trinajstić information content (AvgIpc) is 2.94. The van der Waals surface area contributed by atoms with Gasteiger partial charge in [0.1, 0.15) is 6.10 Å². The van der Waals surface area contributed by atoms with Gasteiger partial charge in [-0.2, -0.15) is 5.26 Å². The molecule has 2 N–H and O–H groups in total. The van der Waals surface area contributed by atoms with Crippen LogP contribution in [0.15, 0.2) is 66.7 Å². The number of carbonyl (C=O) groups excluding carboxylic acids is 2. The Balaban J connectivity index is 1.95. The van der Waals surface area contributed by atoms with E-state index in [1.54, 1.807) is 59.5 Å². The zero-order chi connectivity index (χ0) is 26.9. The van der Waals surface area contributed by atoms with Crippen molar-refractivity contribution in [2.24, 2.45) is 11.1 Å². The number of nitriles is 1. The van der Waals surface area contributed by atoms with Crippen molar-refractivity contribution in [1.29, 1.82) is 5.26 Å². The van der Waals surface area contributed by atoms with Gasteiger partial charge in [-0.1, -0.05) is 74.3 Å². The molecule has 1 heterocycles. The Morgan fingerprint density at radius 3 is 2.35 bits per heavy atom. The minimum Gasteiger partial charge on any atom is -0.369 e. The molecule has 0 radical (unpaired) electrons. The summed E-state index contributed by atoms with van der Waals surface area (Å²) in [4.78, 5) is 28.8. The van der Waals surface area contributed by atoms with Crippen molar-refractivity contribution in [3.63, 3.8) is 0 Å². The van der Waals surface area contributed by atoms with E-state index in [2.05, 4.69) is 6.07 Å². The molecule has 0 saturated heterocycles. The summed E-state index contributed by atoms with van der Waals surface area (Å²) in [5.41, 5.74) is 8.43. The van der Waals surface area contributed by atoms with Gasteiger partial charge < -0.3 is 15.4 Å². The number of primary amides is 1. The molecule has 6 nitrogen and oxygen atoms in total. The van der Waals surface area contributed by atoms with Crippen LogP contribution in [0.5, 0.6) is 0 Å². The lowest BCUT2D eigenvalue weighted by atomic mass is 9.90. The molecule has 1 aliphatic rings. The molecule has 0 spiro atoms. The molecule has 3 aromatic rings. The highest BCUT2D eigenvalue weighted by molar-refractivity contribution is 6.31. The van der Waals surface area contributed by atoms with Crippen molar-refractivity contribution in [2.75, 3.05) is 11.4 Å². The summed E-state index contributed by atoms with van der Waals surface area (Å²) in [6, 6.07) is 20.9. The number of amides is 2. The maximum absolute atomic E-state index is 14.2. The van der Waals surface area contributed by atoms with Gasteiger partial charge in [0, 0.05) is 33.4 Å². The van der Waals surface area contributed by atoms with E-state index in [9.17, 15) is 14.9 Å². The minimum absolute atomic E-state index is 0.280. The maximum atomic E-state index is 14.2. The first kappa shape index (κ1) is 26.7. The molecule has 37 heavy (non-hydrogen) atoms. The van der Waals surface area contributed by atoms with Gasteiger partial charge >= 0.3 is 0 Å². The SMILES string of the molecule is CC(C)(C)CN1C(=O)[C@H](C(C(N)=O)c2ccc(C#N)cc2)O[C@@H](c2ccccc2Cl)c2cc(Cl)ccc21. The van der Waals surface area contributed by atoms with Crippen molar-refractivity contribution in [1.82, 2.24) is 0 Å². The van der Waals surface area contributed by atoms with Gasteiger partial charge in [0.05, 0.1) is 17.6 Å². The molecule has 3 aromatic carbocycles. The van der Waals surface area contributed by atoms with Crippen LogP contribution in [-0.4, -0.2) is 24.5 Å². The fraction of sp³-hybridized carbons (Fsp3) is 0.276. The van der Waals surface area contributed by atoms with Gasteiger partial charge in [-0.05, 0) is 47.4 Å². The number of anilines is 1. The summed E-state index contributed by atoms with van der Waals surface area (Å²) in [6.07, 6.45) is -2.07. The van der Waals surface area contributed by atoms with Crippen LogP contribution in [0, 0.1) is 16.7 Å². The molecule has 1 aliphatic heterocycles. The fourth-order valence-corrected chi connectivity index (χ4v) is 4.99. The van der Waals surface area contributed by atoms with E-state index < -0.39 is 29.9 Å². The number of hydrogen-bond acceptors (Lipinski definition) is 4. The Bertz CT molecular complexity index is 1380. The van der Waals surface area contributed by atoms with Gasteiger partial charge in [-0.3, -0.25) is 9.59 Å². The Kier molecular flexibility index (Phi) is 7.61. The van der Waals surface area contributed by atoms with Crippen molar-refractivity contribution < 1.29 is 14.3 Å². The molecule has 4 rings (SSSR count). The van der Waals surface area contributed by atoms with E-state index >= 15 is 0 Å². The van der Waals surface area contributed by atoms with Crippen LogP contribution < -0.4 is 10.6 Å². The lowest BCUT2D eigenvalue weighted by Gasteiger charge is -2.33. The summed E-state index contributed by atoms with van der Waals surface area (Å²) >= 11 is 13.0. The summed E-state index contributed by atoms with van der Waals surface area (Å²) < 4.78 is 6.55. The Hall–Kier alpha value is -3.37. The first-order valence-electron chi connectivity index (χ1n) is 11.8. The predicted molar refractivity (Wildman–Crippen MR) is 145 cm³/mol. The summed E-state index contributed by atoms with van der Waals surface area (Å²) in [5.74, 6) is -2.24. The van der Waals surface area contributed by atoms with E-state index in [0.717, 1.165) is 0 Å². The molecule has 1 unspecified atom stereocenters. The highest BCUT2D eigenvalue weighted by Gasteiger charge is 2.44. The number of benzene rings is 3. The van der Waals surface area contributed by atoms with Crippen LogP contribution in [0.4, 0.5) is 5.69 Å². The van der Waals surface area contributed by atoms with E-state index in [1.165, 1.54) is 0 Å². The lowest BCUT2D eigenvalue weighted by Crippen LogP contribution is -2.48. The zero-order valence-electron chi connectivity index (χ0n) is 20.7. The molecule has 0 aromatic heterocycles. The molecule has 2 amide bonds. The monoisotopic (exact) mass is 535 g/mol. The maximum Gasteiger partial charge on any atom is 0.257 e. The van der Waals surface area contributed by atoms with Crippen molar-refractivity contribution >= 4 is 40.7 Å². The Morgan fingerprint density at radius 2 is 1.76 bits per heavy atom. The Labute approximate surface area is 226 Å². The minimum atomic E-state index is -1.26. The second kappa shape index (κ2) is 10.5. The molecule has 190 valence electrons. The highest BCUT2D eigenvalue weighted by Crippen LogP contribution is 2.44. The number of ether oxygens (including phenoxy) is 1. The van der Waals surface area contributed by atoms with Crippen LogP contribution in [0.25, 0.3) is 0 Å². The van der Waals surface area contributed by atoms with Crippen molar-refractivity contribution in [2.45, 2.75) is 38.9 Å². The zero-order valence-corrected chi connectivity index (χ0v) is 22.3. The summed E-state index contributed by atoms with van der Waals surface area (Å²) in [6.45, 7) is 6.42. The molecule has 0 aliphatic carbocycles. The summed E-state index contributed by atoms with van der Waals surface area (Å²) in [5, 5.41) is 10.1. The van der Waals surface area contributed by atoms with E-state index in [4.69, 9.17) is 33.7 Å². The van der Waals surface area contributed by atoms with Crippen LogP contribution in [0.3, 0.4) is 0 Å². The molecule has 0 fully saturated rings. The summed E-state index contributed by atoms with van der Waals surface area (Å²) in [7, 11) is 0. The van der Waals surface area contributed by atoms with Gasteiger partial charge in [-0.25, -0.2) is 0 Å².